The number of amides is 1. The van der Waals surface area contributed by atoms with Gasteiger partial charge in [-0.05, 0) is 36.9 Å². The number of nitrogens with zero attached hydrogens (tertiary/aromatic N) is 4. The quantitative estimate of drug-likeness (QED) is 0.589. The lowest BCUT2D eigenvalue weighted by Crippen LogP contribution is -2.30. The molecule has 1 amide bonds. The zero-order chi connectivity index (χ0) is 20.9. The van der Waals surface area contributed by atoms with Gasteiger partial charge >= 0.3 is 0 Å². The van der Waals surface area contributed by atoms with Gasteiger partial charge in [0.05, 0.1) is 4.90 Å². The SMILES string of the molecule is CCSc1nnc(N)n1C(C)C(=O)Nc1ccc(S(=O)(=O)N(CC)CC)cc1. The number of hydrogen-bond acceptors (Lipinski definition) is 7. The van der Waals surface area contributed by atoms with Crippen molar-refractivity contribution in [1.29, 1.82) is 0 Å². The van der Waals surface area contributed by atoms with Gasteiger partial charge in [0.1, 0.15) is 6.04 Å². The van der Waals surface area contributed by atoms with Gasteiger partial charge in [-0.3, -0.25) is 9.36 Å². The Labute approximate surface area is 169 Å². The van der Waals surface area contributed by atoms with Crippen LogP contribution in [0.5, 0.6) is 0 Å². The number of carbonyl (C=O) groups excluding carboxylic acids is 1. The molecule has 1 aromatic heterocycles. The summed E-state index contributed by atoms with van der Waals surface area (Å²) in [6.07, 6.45) is 0. The summed E-state index contributed by atoms with van der Waals surface area (Å²) in [4.78, 5) is 12.8. The Hall–Kier alpha value is -2.11. The largest absolute Gasteiger partial charge is 0.368 e. The molecule has 1 heterocycles. The third-order valence-electron chi connectivity index (χ3n) is 4.20. The lowest BCUT2D eigenvalue weighted by atomic mass is 10.2. The van der Waals surface area contributed by atoms with E-state index in [-0.39, 0.29) is 16.8 Å². The van der Waals surface area contributed by atoms with Crippen molar-refractivity contribution in [2.75, 3.05) is 29.9 Å². The molecule has 1 aromatic carbocycles. The number of aromatic nitrogens is 3. The smallest absolute Gasteiger partial charge is 0.247 e. The highest BCUT2D eigenvalue weighted by molar-refractivity contribution is 7.99. The van der Waals surface area contributed by atoms with E-state index in [1.807, 2.05) is 6.92 Å². The number of sulfonamides is 1. The van der Waals surface area contributed by atoms with Gasteiger partial charge in [0.2, 0.25) is 21.9 Å². The molecule has 0 radical (unpaired) electrons. The van der Waals surface area contributed by atoms with E-state index in [1.165, 1.54) is 28.2 Å². The van der Waals surface area contributed by atoms with E-state index < -0.39 is 16.1 Å². The molecule has 9 nitrogen and oxygen atoms in total. The van der Waals surface area contributed by atoms with E-state index >= 15 is 0 Å². The molecule has 11 heteroatoms. The van der Waals surface area contributed by atoms with Crippen molar-refractivity contribution in [3.05, 3.63) is 24.3 Å². The molecule has 2 rings (SSSR count). The molecule has 28 heavy (non-hydrogen) atoms. The molecule has 0 saturated carbocycles. The van der Waals surface area contributed by atoms with Gasteiger partial charge in [-0.2, -0.15) is 4.31 Å². The number of rotatable bonds is 9. The van der Waals surface area contributed by atoms with Crippen LogP contribution >= 0.6 is 11.8 Å². The van der Waals surface area contributed by atoms with Crippen molar-refractivity contribution in [3.63, 3.8) is 0 Å². The molecule has 1 atom stereocenters. The number of nitrogen functional groups attached to an aromatic ring is 1. The summed E-state index contributed by atoms with van der Waals surface area (Å²) >= 11 is 1.44. The van der Waals surface area contributed by atoms with Crippen LogP contribution in [-0.4, -0.2) is 52.2 Å². The fourth-order valence-electron chi connectivity index (χ4n) is 2.67. The molecule has 0 spiro atoms. The monoisotopic (exact) mass is 426 g/mol. The summed E-state index contributed by atoms with van der Waals surface area (Å²) in [6, 6.07) is 5.48. The van der Waals surface area contributed by atoms with Crippen molar-refractivity contribution < 1.29 is 13.2 Å². The Morgan fingerprint density at radius 2 is 1.82 bits per heavy atom. The van der Waals surface area contributed by atoms with E-state index in [9.17, 15) is 13.2 Å². The molecule has 0 bridgehead atoms. The van der Waals surface area contributed by atoms with Crippen LogP contribution in [0.2, 0.25) is 0 Å². The Balaban J connectivity index is 2.16. The molecule has 2 aromatic rings. The zero-order valence-corrected chi connectivity index (χ0v) is 18.0. The third kappa shape index (κ3) is 4.65. The lowest BCUT2D eigenvalue weighted by molar-refractivity contribution is -0.118. The molecular formula is C17H26N6O3S2. The maximum absolute atomic E-state index is 12.6. The van der Waals surface area contributed by atoms with Crippen LogP contribution in [0, 0.1) is 0 Å². The fourth-order valence-corrected chi connectivity index (χ4v) is 4.87. The number of anilines is 2. The van der Waals surface area contributed by atoms with Crippen LogP contribution in [0.4, 0.5) is 11.6 Å². The van der Waals surface area contributed by atoms with E-state index in [4.69, 9.17) is 5.73 Å². The highest BCUT2D eigenvalue weighted by Crippen LogP contribution is 2.24. The fraction of sp³-hybridized carbons (Fsp3) is 0.471. The van der Waals surface area contributed by atoms with Crippen LogP contribution in [0.25, 0.3) is 0 Å². The van der Waals surface area contributed by atoms with E-state index in [0.29, 0.717) is 23.9 Å². The number of carbonyl (C=O) groups is 1. The van der Waals surface area contributed by atoms with Crippen LogP contribution in [0.3, 0.4) is 0 Å². The van der Waals surface area contributed by atoms with Gasteiger partial charge in [-0.15, -0.1) is 10.2 Å². The van der Waals surface area contributed by atoms with Crippen molar-refractivity contribution in [2.24, 2.45) is 0 Å². The Kier molecular flexibility index (Phi) is 7.44. The second kappa shape index (κ2) is 9.39. The molecule has 0 aliphatic heterocycles. The normalized spacial score (nSPS) is 12.9. The second-order valence-electron chi connectivity index (χ2n) is 5.92. The predicted octanol–water partition coefficient (Wildman–Crippen LogP) is 2.20. The first-order chi connectivity index (χ1) is 13.3. The zero-order valence-electron chi connectivity index (χ0n) is 16.4. The molecule has 0 aliphatic rings. The first-order valence-corrected chi connectivity index (χ1v) is 11.4. The van der Waals surface area contributed by atoms with Gasteiger partial charge in [0.15, 0.2) is 5.16 Å². The van der Waals surface area contributed by atoms with Crippen LogP contribution in [0.1, 0.15) is 33.7 Å². The van der Waals surface area contributed by atoms with E-state index in [1.54, 1.807) is 37.5 Å². The van der Waals surface area contributed by atoms with Crippen molar-refractivity contribution >= 4 is 39.3 Å². The molecule has 3 N–H and O–H groups in total. The second-order valence-corrected chi connectivity index (χ2v) is 9.09. The standard InChI is InChI=1S/C17H26N6O3S2/c1-5-22(6-2)28(25,26)14-10-8-13(9-11-14)19-15(24)12(4)23-16(18)20-21-17(23)27-7-3/h8-12H,5-7H2,1-4H3,(H2,18,20)(H,19,24). The number of benzene rings is 1. The van der Waals surface area contributed by atoms with Gasteiger partial charge in [0.25, 0.3) is 0 Å². The highest BCUT2D eigenvalue weighted by Gasteiger charge is 2.23. The molecule has 154 valence electrons. The molecular weight excluding hydrogens is 400 g/mol. The summed E-state index contributed by atoms with van der Waals surface area (Å²) in [5, 5.41) is 11.2. The highest BCUT2D eigenvalue weighted by atomic mass is 32.2. The number of thioether (sulfide) groups is 1. The average molecular weight is 427 g/mol. The summed E-state index contributed by atoms with van der Waals surface area (Å²) in [5.74, 6) is 0.637. The third-order valence-corrected chi connectivity index (χ3v) is 7.09. The molecule has 0 saturated heterocycles. The first-order valence-electron chi connectivity index (χ1n) is 9.00. The summed E-state index contributed by atoms with van der Waals surface area (Å²) < 4.78 is 28.0. The minimum atomic E-state index is -3.54. The Morgan fingerprint density at radius 1 is 1.21 bits per heavy atom. The molecule has 0 aliphatic carbocycles. The Bertz CT molecular complexity index is 907. The minimum absolute atomic E-state index is 0.166. The number of nitrogens with one attached hydrogen (secondary N) is 1. The van der Waals surface area contributed by atoms with Gasteiger partial charge in [-0.1, -0.05) is 32.5 Å². The first kappa shape index (κ1) is 22.2. The number of hydrogen-bond donors (Lipinski definition) is 2. The maximum Gasteiger partial charge on any atom is 0.247 e. The van der Waals surface area contributed by atoms with Crippen LogP contribution < -0.4 is 11.1 Å². The minimum Gasteiger partial charge on any atom is -0.368 e. The summed E-state index contributed by atoms with van der Waals surface area (Å²) in [7, 11) is -3.54. The van der Waals surface area contributed by atoms with Crippen molar-refractivity contribution in [1.82, 2.24) is 19.1 Å². The number of nitrogens with two attached hydrogens (primary N) is 1. The van der Waals surface area contributed by atoms with Crippen molar-refractivity contribution in [3.8, 4) is 0 Å². The lowest BCUT2D eigenvalue weighted by Gasteiger charge is -2.19. The van der Waals surface area contributed by atoms with E-state index in [0.717, 1.165) is 5.75 Å². The average Bonchev–Trinajstić information content (AvgIpc) is 3.03. The predicted molar refractivity (Wildman–Crippen MR) is 111 cm³/mol. The van der Waals surface area contributed by atoms with Crippen LogP contribution in [-0.2, 0) is 14.8 Å². The van der Waals surface area contributed by atoms with Gasteiger partial charge < -0.3 is 11.1 Å². The topological polar surface area (TPSA) is 123 Å². The Morgan fingerprint density at radius 3 is 2.36 bits per heavy atom. The summed E-state index contributed by atoms with van der Waals surface area (Å²) in [5.41, 5.74) is 6.34. The van der Waals surface area contributed by atoms with E-state index in [2.05, 4.69) is 15.5 Å². The summed E-state index contributed by atoms with van der Waals surface area (Å²) in [6.45, 7) is 8.05. The molecule has 0 fully saturated rings. The van der Waals surface area contributed by atoms with Gasteiger partial charge in [0, 0.05) is 18.8 Å². The van der Waals surface area contributed by atoms with Crippen LogP contribution in [0.15, 0.2) is 34.3 Å². The van der Waals surface area contributed by atoms with Gasteiger partial charge in [-0.25, -0.2) is 8.42 Å². The van der Waals surface area contributed by atoms with Crippen molar-refractivity contribution in [2.45, 2.75) is 43.8 Å². The molecule has 1 unspecified atom stereocenters. The maximum atomic E-state index is 12.6.